The number of amides is 2. The zero-order valence-electron chi connectivity index (χ0n) is 18.4. The van der Waals surface area contributed by atoms with Gasteiger partial charge in [-0.15, -0.1) is 0 Å². The van der Waals surface area contributed by atoms with Crippen molar-refractivity contribution < 1.29 is 24.0 Å². The Morgan fingerprint density at radius 2 is 1.76 bits per heavy atom. The quantitative estimate of drug-likeness (QED) is 0.378. The summed E-state index contributed by atoms with van der Waals surface area (Å²) in [5, 5.41) is 14.1. The van der Waals surface area contributed by atoms with Crippen LogP contribution in [0.2, 0.25) is 0 Å². The van der Waals surface area contributed by atoms with E-state index in [1.54, 1.807) is 24.3 Å². The lowest BCUT2D eigenvalue weighted by Gasteiger charge is -2.34. The number of ether oxygens (including phenoxy) is 2. The van der Waals surface area contributed by atoms with E-state index in [9.17, 15) is 19.7 Å². The van der Waals surface area contributed by atoms with Crippen LogP contribution in [-0.4, -0.2) is 61.1 Å². The molecule has 0 bridgehead atoms. The van der Waals surface area contributed by atoms with Crippen LogP contribution in [0.3, 0.4) is 0 Å². The number of anilines is 2. The number of carbonyl (C=O) groups is 2. The van der Waals surface area contributed by atoms with Crippen molar-refractivity contribution in [2.75, 3.05) is 37.1 Å². The van der Waals surface area contributed by atoms with Crippen molar-refractivity contribution in [3.63, 3.8) is 0 Å². The standard InChI is InChI=1S/C22H25N5O6/c1-32-17-9-16(10-18(11-17)33-2)26-21(28)12-19(22(26)29)24-14-5-7-25(8-6-14)20-4-3-15(13-23-20)27(30)31/h3-4,9-11,13-14,19,24H,5-8,12H2,1-2H3/t19-/m0/s1. The number of nitrogens with one attached hydrogen (secondary N) is 1. The maximum atomic E-state index is 13.0. The first kappa shape index (κ1) is 22.5. The van der Waals surface area contributed by atoms with Crippen LogP contribution in [-0.2, 0) is 9.59 Å². The molecule has 1 atom stereocenters. The van der Waals surface area contributed by atoms with Gasteiger partial charge in [-0.3, -0.25) is 19.7 Å². The molecule has 2 amide bonds. The van der Waals surface area contributed by atoms with Gasteiger partial charge in [0.25, 0.3) is 11.6 Å². The Balaban J connectivity index is 1.37. The highest BCUT2D eigenvalue weighted by atomic mass is 16.6. The minimum atomic E-state index is -0.594. The van der Waals surface area contributed by atoms with Gasteiger partial charge >= 0.3 is 0 Å². The Kier molecular flexibility index (Phi) is 6.40. The van der Waals surface area contributed by atoms with Crippen LogP contribution in [0.1, 0.15) is 19.3 Å². The Morgan fingerprint density at radius 3 is 2.30 bits per heavy atom. The predicted octanol–water partition coefficient (Wildman–Crippen LogP) is 1.90. The molecule has 2 aliphatic rings. The van der Waals surface area contributed by atoms with Crippen LogP contribution in [0.4, 0.5) is 17.2 Å². The summed E-state index contributed by atoms with van der Waals surface area (Å²) < 4.78 is 10.5. The highest BCUT2D eigenvalue weighted by molar-refractivity contribution is 6.22. The predicted molar refractivity (Wildman–Crippen MR) is 120 cm³/mol. The van der Waals surface area contributed by atoms with E-state index in [4.69, 9.17) is 9.47 Å². The second-order valence-corrected chi connectivity index (χ2v) is 7.95. The summed E-state index contributed by atoms with van der Waals surface area (Å²) >= 11 is 0. The molecule has 11 heteroatoms. The number of benzene rings is 1. The SMILES string of the molecule is COc1cc(OC)cc(N2C(=O)C[C@H](NC3CCN(c4ccc([N+](=O)[O-])cn4)CC3)C2=O)c1. The average Bonchev–Trinajstić information content (AvgIpc) is 3.11. The van der Waals surface area contributed by atoms with Crippen molar-refractivity contribution >= 4 is 29.0 Å². The van der Waals surface area contributed by atoms with Crippen molar-refractivity contribution in [3.8, 4) is 11.5 Å². The lowest BCUT2D eigenvalue weighted by atomic mass is 10.0. The molecule has 11 nitrogen and oxygen atoms in total. The molecule has 3 heterocycles. The average molecular weight is 455 g/mol. The molecule has 33 heavy (non-hydrogen) atoms. The van der Waals surface area contributed by atoms with Crippen LogP contribution < -0.4 is 24.6 Å². The third-order valence-corrected chi connectivity index (χ3v) is 5.94. The fourth-order valence-electron chi connectivity index (χ4n) is 4.19. The topological polar surface area (TPSA) is 127 Å². The number of hydrogen-bond acceptors (Lipinski definition) is 9. The fraction of sp³-hybridized carbons (Fsp3) is 0.409. The van der Waals surface area contributed by atoms with Crippen molar-refractivity contribution in [3.05, 3.63) is 46.6 Å². The van der Waals surface area contributed by atoms with Gasteiger partial charge in [0.05, 0.1) is 37.3 Å². The Bertz CT molecular complexity index is 1030. The van der Waals surface area contributed by atoms with Crippen LogP contribution in [0.15, 0.2) is 36.5 Å². The van der Waals surface area contributed by atoms with E-state index < -0.39 is 11.0 Å². The summed E-state index contributed by atoms with van der Waals surface area (Å²) in [6, 6.07) is 7.51. The molecule has 0 radical (unpaired) electrons. The zero-order valence-corrected chi connectivity index (χ0v) is 18.4. The number of imide groups is 1. The molecule has 0 saturated carbocycles. The Labute approximate surface area is 190 Å². The Morgan fingerprint density at radius 1 is 1.09 bits per heavy atom. The lowest BCUT2D eigenvalue weighted by Crippen LogP contribution is -2.49. The molecule has 0 aliphatic carbocycles. The van der Waals surface area contributed by atoms with Gasteiger partial charge < -0.3 is 19.7 Å². The second-order valence-electron chi connectivity index (χ2n) is 7.95. The maximum Gasteiger partial charge on any atom is 0.287 e. The van der Waals surface area contributed by atoms with E-state index in [-0.39, 0.29) is 30.0 Å². The first-order chi connectivity index (χ1) is 15.9. The maximum absolute atomic E-state index is 13.0. The minimum absolute atomic E-state index is 0.0436. The molecule has 174 valence electrons. The van der Waals surface area contributed by atoms with E-state index in [1.165, 1.54) is 31.4 Å². The van der Waals surface area contributed by atoms with Gasteiger partial charge in [-0.25, -0.2) is 9.88 Å². The highest BCUT2D eigenvalue weighted by Crippen LogP contribution is 2.32. The van der Waals surface area contributed by atoms with Crippen molar-refractivity contribution in [1.29, 1.82) is 0 Å². The molecule has 1 aromatic heterocycles. The number of nitrogens with zero attached hydrogens (tertiary/aromatic N) is 4. The summed E-state index contributed by atoms with van der Waals surface area (Å²) in [7, 11) is 3.02. The van der Waals surface area contributed by atoms with E-state index >= 15 is 0 Å². The largest absolute Gasteiger partial charge is 0.497 e. The molecule has 0 unspecified atom stereocenters. The number of aromatic nitrogens is 1. The second kappa shape index (κ2) is 9.41. The molecule has 1 aromatic carbocycles. The van der Waals surface area contributed by atoms with Crippen LogP contribution in [0.5, 0.6) is 11.5 Å². The zero-order chi connectivity index (χ0) is 23.5. The van der Waals surface area contributed by atoms with Gasteiger partial charge in [0.2, 0.25) is 5.91 Å². The molecule has 2 aromatic rings. The smallest absolute Gasteiger partial charge is 0.287 e. The first-order valence-electron chi connectivity index (χ1n) is 10.6. The molecule has 1 N–H and O–H groups in total. The van der Waals surface area contributed by atoms with Crippen molar-refractivity contribution in [2.24, 2.45) is 0 Å². The molecule has 2 saturated heterocycles. The van der Waals surface area contributed by atoms with Gasteiger partial charge in [-0.2, -0.15) is 0 Å². The van der Waals surface area contributed by atoms with Gasteiger partial charge in [0.15, 0.2) is 0 Å². The molecular weight excluding hydrogens is 430 g/mol. The van der Waals surface area contributed by atoms with Gasteiger partial charge in [-0.1, -0.05) is 0 Å². The number of nitro groups is 1. The molecular formula is C22H25N5O6. The molecule has 4 rings (SSSR count). The number of pyridine rings is 1. The summed E-state index contributed by atoms with van der Waals surface area (Å²) in [6.45, 7) is 1.38. The van der Waals surface area contributed by atoms with E-state index in [2.05, 4.69) is 15.2 Å². The third kappa shape index (κ3) is 4.72. The Hall–Kier alpha value is -3.73. The first-order valence-corrected chi connectivity index (χ1v) is 10.6. The molecule has 2 aliphatic heterocycles. The minimum Gasteiger partial charge on any atom is -0.497 e. The van der Waals surface area contributed by atoms with Gasteiger partial charge in [0, 0.05) is 43.4 Å². The molecule has 0 spiro atoms. The monoisotopic (exact) mass is 455 g/mol. The summed E-state index contributed by atoms with van der Waals surface area (Å²) in [5.74, 6) is 1.10. The number of rotatable bonds is 7. The van der Waals surface area contributed by atoms with Crippen LogP contribution in [0.25, 0.3) is 0 Å². The van der Waals surface area contributed by atoms with Crippen molar-refractivity contribution in [1.82, 2.24) is 10.3 Å². The van der Waals surface area contributed by atoms with Gasteiger partial charge in [-0.05, 0) is 18.9 Å². The van der Waals surface area contributed by atoms with E-state index in [0.29, 0.717) is 36.1 Å². The molecule has 2 fully saturated rings. The normalized spacial score (nSPS) is 19.2. The van der Waals surface area contributed by atoms with Crippen LogP contribution in [0, 0.1) is 10.1 Å². The number of hydrogen-bond donors (Lipinski definition) is 1. The summed E-state index contributed by atoms with van der Waals surface area (Å²) in [6.07, 6.45) is 2.85. The van der Waals surface area contributed by atoms with Gasteiger partial charge in [0.1, 0.15) is 23.5 Å². The summed E-state index contributed by atoms with van der Waals surface area (Å²) in [5.41, 5.74) is 0.377. The van der Waals surface area contributed by atoms with Crippen LogP contribution >= 0.6 is 0 Å². The fourth-order valence-corrected chi connectivity index (χ4v) is 4.19. The van der Waals surface area contributed by atoms with Crippen molar-refractivity contribution in [2.45, 2.75) is 31.3 Å². The number of piperidine rings is 1. The van der Waals surface area contributed by atoms with E-state index in [0.717, 1.165) is 12.8 Å². The van der Waals surface area contributed by atoms with E-state index in [1.807, 2.05) is 0 Å². The lowest BCUT2D eigenvalue weighted by molar-refractivity contribution is -0.385. The third-order valence-electron chi connectivity index (χ3n) is 5.94. The summed E-state index contributed by atoms with van der Waals surface area (Å²) in [4.78, 5) is 43.5. The number of methoxy groups -OCH3 is 2. The highest BCUT2D eigenvalue weighted by Gasteiger charge is 2.41. The number of carbonyl (C=O) groups excluding carboxylic acids is 2.